The van der Waals surface area contributed by atoms with E-state index in [1.54, 1.807) is 30.6 Å². The average Bonchev–Trinajstić information content (AvgIpc) is 3.45. The highest BCUT2D eigenvalue weighted by Gasteiger charge is 2.22. The summed E-state index contributed by atoms with van der Waals surface area (Å²) >= 11 is 1.59. The quantitative estimate of drug-likeness (QED) is 0.201. The van der Waals surface area contributed by atoms with Crippen molar-refractivity contribution in [2.75, 3.05) is 18.6 Å². The van der Waals surface area contributed by atoms with Crippen LogP contribution < -0.4 is 15.0 Å². The van der Waals surface area contributed by atoms with Gasteiger partial charge in [0.25, 0.3) is 5.91 Å². The molecule has 208 valence electrons. The number of thiazole rings is 1. The summed E-state index contributed by atoms with van der Waals surface area (Å²) < 4.78 is 5.54. The van der Waals surface area contributed by atoms with Crippen LogP contribution >= 0.6 is 11.3 Å². The smallest absolute Gasteiger partial charge is 0.326 e. The monoisotopic (exact) mass is 557 g/mol. The Labute approximate surface area is 239 Å². The molecule has 0 saturated heterocycles. The van der Waals surface area contributed by atoms with E-state index in [0.29, 0.717) is 18.5 Å². The number of hydrogen-bond donors (Lipinski definition) is 2. The SMILES string of the molecule is COc1ccccc1-c1csc(N(CCc2ccccc2)Cc2ccc(C(=O)NC(CC(C)C)C(=O)O)cc2)n1. The summed E-state index contributed by atoms with van der Waals surface area (Å²) in [4.78, 5) is 31.5. The lowest BCUT2D eigenvalue weighted by Gasteiger charge is -2.22. The Morgan fingerprint density at radius 1 is 0.975 bits per heavy atom. The fourth-order valence-electron chi connectivity index (χ4n) is 4.46. The number of benzene rings is 3. The lowest BCUT2D eigenvalue weighted by atomic mass is 10.0. The highest BCUT2D eigenvalue weighted by molar-refractivity contribution is 7.14. The second kappa shape index (κ2) is 13.8. The van der Waals surface area contributed by atoms with Crippen LogP contribution in [0, 0.1) is 5.92 Å². The van der Waals surface area contributed by atoms with Crippen LogP contribution in [0.25, 0.3) is 11.3 Å². The maximum Gasteiger partial charge on any atom is 0.326 e. The predicted molar refractivity (Wildman–Crippen MR) is 160 cm³/mol. The van der Waals surface area contributed by atoms with Crippen molar-refractivity contribution in [2.24, 2.45) is 5.92 Å². The van der Waals surface area contributed by atoms with E-state index in [2.05, 4.69) is 22.3 Å². The normalized spacial score (nSPS) is 11.7. The van der Waals surface area contributed by atoms with Crippen molar-refractivity contribution < 1.29 is 19.4 Å². The lowest BCUT2D eigenvalue weighted by molar-refractivity contribution is -0.139. The minimum Gasteiger partial charge on any atom is -0.496 e. The number of amides is 1. The van der Waals surface area contributed by atoms with Crippen LogP contribution in [0.2, 0.25) is 0 Å². The predicted octanol–water partition coefficient (Wildman–Crippen LogP) is 6.30. The number of nitrogens with zero attached hydrogens (tertiary/aromatic N) is 2. The Bertz CT molecular complexity index is 1400. The van der Waals surface area contributed by atoms with Crippen LogP contribution in [0.3, 0.4) is 0 Å². The summed E-state index contributed by atoms with van der Waals surface area (Å²) in [6, 6.07) is 24.6. The highest BCUT2D eigenvalue weighted by atomic mass is 32.1. The minimum atomic E-state index is -1.02. The molecule has 3 aromatic carbocycles. The number of aliphatic carboxylic acids is 1. The average molecular weight is 558 g/mol. The molecule has 8 heteroatoms. The number of para-hydroxylation sites is 1. The molecule has 0 aliphatic rings. The van der Waals surface area contributed by atoms with Gasteiger partial charge in [-0.05, 0) is 54.2 Å². The maximum atomic E-state index is 12.7. The minimum absolute atomic E-state index is 0.153. The molecule has 0 bridgehead atoms. The molecule has 0 radical (unpaired) electrons. The van der Waals surface area contributed by atoms with Crippen LogP contribution in [0.5, 0.6) is 5.75 Å². The second-order valence-corrected chi connectivity index (χ2v) is 10.9. The van der Waals surface area contributed by atoms with Gasteiger partial charge < -0.3 is 20.1 Å². The number of hydrogen-bond acceptors (Lipinski definition) is 6. The zero-order valence-electron chi connectivity index (χ0n) is 23.0. The van der Waals surface area contributed by atoms with E-state index in [1.165, 1.54) is 5.56 Å². The first-order valence-electron chi connectivity index (χ1n) is 13.3. The molecule has 0 saturated carbocycles. The Morgan fingerprint density at radius 2 is 1.68 bits per heavy atom. The van der Waals surface area contributed by atoms with Gasteiger partial charge in [-0.15, -0.1) is 11.3 Å². The van der Waals surface area contributed by atoms with Crippen LogP contribution in [0.15, 0.2) is 84.2 Å². The van der Waals surface area contributed by atoms with E-state index >= 15 is 0 Å². The summed E-state index contributed by atoms with van der Waals surface area (Å²) in [7, 11) is 1.66. The Balaban J connectivity index is 1.52. The number of anilines is 1. The largest absolute Gasteiger partial charge is 0.496 e. The van der Waals surface area contributed by atoms with Gasteiger partial charge in [0.2, 0.25) is 0 Å². The number of aromatic nitrogens is 1. The molecule has 0 aliphatic heterocycles. The summed E-state index contributed by atoms with van der Waals surface area (Å²) in [6.45, 7) is 5.24. The molecule has 4 aromatic rings. The lowest BCUT2D eigenvalue weighted by Crippen LogP contribution is -2.41. The molecule has 0 spiro atoms. The van der Waals surface area contributed by atoms with E-state index < -0.39 is 12.0 Å². The zero-order valence-corrected chi connectivity index (χ0v) is 23.9. The number of nitrogens with one attached hydrogen (secondary N) is 1. The number of rotatable bonds is 13. The van der Waals surface area contributed by atoms with Gasteiger partial charge in [-0.3, -0.25) is 4.79 Å². The Morgan fingerprint density at radius 3 is 2.35 bits per heavy atom. The highest BCUT2D eigenvalue weighted by Crippen LogP contribution is 2.33. The first-order valence-corrected chi connectivity index (χ1v) is 14.2. The number of carbonyl (C=O) groups excluding carboxylic acids is 1. The van der Waals surface area contributed by atoms with Gasteiger partial charge in [0.1, 0.15) is 11.8 Å². The third-order valence-electron chi connectivity index (χ3n) is 6.56. The van der Waals surface area contributed by atoms with Crippen molar-refractivity contribution in [1.82, 2.24) is 10.3 Å². The zero-order chi connectivity index (χ0) is 28.5. The molecule has 0 fully saturated rings. The maximum absolute atomic E-state index is 12.7. The fourth-order valence-corrected chi connectivity index (χ4v) is 5.31. The van der Waals surface area contributed by atoms with Gasteiger partial charge in [0.05, 0.1) is 12.8 Å². The molecule has 7 nitrogen and oxygen atoms in total. The number of methoxy groups -OCH3 is 1. The van der Waals surface area contributed by atoms with Crippen LogP contribution in [-0.2, 0) is 17.8 Å². The molecule has 1 atom stereocenters. The summed E-state index contributed by atoms with van der Waals surface area (Å²) in [5.74, 6) is -0.479. The molecular weight excluding hydrogens is 522 g/mol. The van der Waals surface area contributed by atoms with Gasteiger partial charge in [-0.2, -0.15) is 0 Å². The van der Waals surface area contributed by atoms with Crippen molar-refractivity contribution in [2.45, 2.75) is 39.3 Å². The van der Waals surface area contributed by atoms with Gasteiger partial charge in [0, 0.05) is 29.6 Å². The summed E-state index contributed by atoms with van der Waals surface area (Å²) in [5.41, 5.74) is 4.51. The van der Waals surface area contributed by atoms with Crippen molar-refractivity contribution in [3.05, 3.63) is 101 Å². The third kappa shape index (κ3) is 7.70. The van der Waals surface area contributed by atoms with E-state index in [1.807, 2.05) is 73.8 Å². The molecule has 1 heterocycles. The van der Waals surface area contributed by atoms with Gasteiger partial charge in [-0.25, -0.2) is 9.78 Å². The molecular formula is C32H35N3O4S. The molecule has 1 amide bonds. The molecule has 4 rings (SSSR count). The van der Waals surface area contributed by atoms with Gasteiger partial charge in [0.15, 0.2) is 5.13 Å². The first kappa shape index (κ1) is 28.8. The third-order valence-corrected chi connectivity index (χ3v) is 7.46. The second-order valence-electron chi connectivity index (χ2n) is 10.1. The number of carboxylic acid groups (broad SMARTS) is 1. The number of carboxylic acids is 1. The molecule has 40 heavy (non-hydrogen) atoms. The summed E-state index contributed by atoms with van der Waals surface area (Å²) in [5, 5.41) is 15.1. The van der Waals surface area contributed by atoms with E-state index in [9.17, 15) is 14.7 Å². The van der Waals surface area contributed by atoms with Crippen LogP contribution in [0.4, 0.5) is 5.13 Å². The Hall–Kier alpha value is -4.17. The van der Waals surface area contributed by atoms with Crippen molar-refractivity contribution >= 4 is 28.3 Å². The van der Waals surface area contributed by atoms with Gasteiger partial charge in [-0.1, -0.05) is 68.4 Å². The van der Waals surface area contributed by atoms with Crippen molar-refractivity contribution in [3.63, 3.8) is 0 Å². The Kier molecular flexibility index (Phi) is 9.91. The first-order chi connectivity index (χ1) is 19.3. The van der Waals surface area contributed by atoms with Crippen molar-refractivity contribution in [3.8, 4) is 17.0 Å². The molecule has 0 aliphatic carbocycles. The molecule has 2 N–H and O–H groups in total. The van der Waals surface area contributed by atoms with E-state index in [4.69, 9.17) is 9.72 Å². The topological polar surface area (TPSA) is 91.8 Å². The van der Waals surface area contributed by atoms with Crippen LogP contribution in [0.1, 0.15) is 41.8 Å². The molecule has 1 unspecified atom stereocenters. The van der Waals surface area contributed by atoms with E-state index in [-0.39, 0.29) is 11.8 Å². The fraction of sp³-hybridized carbons (Fsp3) is 0.281. The van der Waals surface area contributed by atoms with Crippen LogP contribution in [-0.4, -0.2) is 41.7 Å². The number of carbonyl (C=O) groups is 2. The van der Waals surface area contributed by atoms with Gasteiger partial charge >= 0.3 is 5.97 Å². The standard InChI is InChI=1S/C32H35N3O4S/c1-22(2)19-27(31(37)38)33-30(36)25-15-13-24(14-16-25)20-35(18-17-23-9-5-4-6-10-23)32-34-28(21-40-32)26-11-7-8-12-29(26)39-3/h4-16,21-22,27H,17-20H2,1-3H3,(H,33,36)(H,37,38). The van der Waals surface area contributed by atoms with Crippen molar-refractivity contribution in [1.29, 1.82) is 0 Å². The van der Waals surface area contributed by atoms with E-state index in [0.717, 1.165) is 40.7 Å². The summed E-state index contributed by atoms with van der Waals surface area (Å²) in [6.07, 6.45) is 1.23. The number of ether oxygens (including phenoxy) is 1. The molecule has 1 aromatic heterocycles.